The Balaban J connectivity index is 5.20. The van der Waals surface area contributed by atoms with Crippen LogP contribution in [0.3, 0.4) is 0 Å². The number of carbonyl (C=O) groups is 4. The lowest BCUT2D eigenvalue weighted by Crippen LogP contribution is -2.30. The van der Waals surface area contributed by atoms with Crippen LogP contribution < -0.4 is 0 Å². The van der Waals surface area contributed by atoms with E-state index in [-0.39, 0.29) is 25.7 Å². The van der Waals surface area contributed by atoms with Gasteiger partial charge in [0, 0.05) is 25.7 Å². The van der Waals surface area contributed by atoms with Gasteiger partial charge in [0.15, 0.2) is 12.2 Å². The molecular weight excluding hydrogens is 1100 g/mol. The van der Waals surface area contributed by atoms with Crippen LogP contribution in [-0.2, 0) is 65.4 Å². The van der Waals surface area contributed by atoms with E-state index in [9.17, 15) is 43.2 Å². The first-order valence-electron chi connectivity index (χ1n) is 33.2. The molecule has 0 saturated carbocycles. The molecule has 2 unspecified atom stereocenters. The summed E-state index contributed by atoms with van der Waals surface area (Å²) >= 11 is 0. The molecule has 5 atom stereocenters. The van der Waals surface area contributed by atoms with Crippen molar-refractivity contribution in [3.05, 3.63) is 0 Å². The summed E-state index contributed by atoms with van der Waals surface area (Å²) in [6.07, 6.45) is 34.0. The Morgan fingerprint density at radius 1 is 0.301 bits per heavy atom. The summed E-state index contributed by atoms with van der Waals surface area (Å²) in [5.74, 6) is 0.669. The lowest BCUT2D eigenvalue weighted by Gasteiger charge is -2.21. The first-order valence-corrected chi connectivity index (χ1v) is 36.2. The molecule has 0 fully saturated rings. The molecule has 0 aromatic heterocycles. The van der Waals surface area contributed by atoms with Gasteiger partial charge in [-0.25, -0.2) is 9.13 Å². The van der Waals surface area contributed by atoms with E-state index in [2.05, 4.69) is 55.4 Å². The first kappa shape index (κ1) is 81.1. The summed E-state index contributed by atoms with van der Waals surface area (Å²) < 4.78 is 67.9. The Hall–Kier alpha value is -1.94. The normalized spacial score (nSPS) is 14.4. The van der Waals surface area contributed by atoms with Gasteiger partial charge in [-0.1, -0.05) is 254 Å². The minimum absolute atomic E-state index is 0.100. The monoisotopic (exact) mass is 1230 g/mol. The Labute approximate surface area is 505 Å². The number of phosphoric ester groups is 2. The molecule has 0 aliphatic heterocycles. The maximum atomic E-state index is 13.0. The molecule has 492 valence electrons. The molecule has 83 heavy (non-hydrogen) atoms. The number of unbranched alkanes of at least 4 members (excludes halogenated alkanes) is 27. The summed E-state index contributed by atoms with van der Waals surface area (Å²) in [5, 5.41) is 10.5. The Kier molecular flexibility index (Phi) is 53.0. The van der Waals surface area contributed by atoms with Crippen LogP contribution in [0.2, 0.25) is 0 Å². The molecule has 0 aliphatic carbocycles. The van der Waals surface area contributed by atoms with Crippen LogP contribution in [0.5, 0.6) is 0 Å². The third-order valence-electron chi connectivity index (χ3n) is 14.6. The van der Waals surface area contributed by atoms with Crippen LogP contribution in [0.1, 0.15) is 306 Å². The molecule has 17 nitrogen and oxygen atoms in total. The predicted octanol–water partition coefficient (Wildman–Crippen LogP) is 17.4. The number of hydrogen-bond donors (Lipinski definition) is 3. The fourth-order valence-corrected chi connectivity index (χ4v) is 11.0. The van der Waals surface area contributed by atoms with E-state index < -0.39 is 97.5 Å². The smallest absolute Gasteiger partial charge is 0.462 e. The lowest BCUT2D eigenvalue weighted by atomic mass is 10.0. The number of hydrogen-bond acceptors (Lipinski definition) is 15. The quantitative estimate of drug-likeness (QED) is 0.0222. The molecule has 0 aromatic carbocycles. The van der Waals surface area contributed by atoms with E-state index >= 15 is 0 Å². The molecular formula is C64H124O17P2. The van der Waals surface area contributed by atoms with E-state index in [0.29, 0.717) is 43.4 Å². The van der Waals surface area contributed by atoms with Crippen molar-refractivity contribution in [2.75, 3.05) is 39.6 Å². The fraction of sp³-hybridized carbons (Fsp3) is 0.938. The van der Waals surface area contributed by atoms with Crippen LogP contribution in [-0.4, -0.2) is 96.7 Å². The van der Waals surface area contributed by atoms with Gasteiger partial charge in [-0.3, -0.25) is 37.3 Å². The minimum Gasteiger partial charge on any atom is -0.462 e. The van der Waals surface area contributed by atoms with E-state index in [1.54, 1.807) is 0 Å². The number of phosphoric acid groups is 2. The van der Waals surface area contributed by atoms with Crippen molar-refractivity contribution in [3.8, 4) is 0 Å². The predicted molar refractivity (Wildman–Crippen MR) is 331 cm³/mol. The molecule has 0 bridgehead atoms. The zero-order valence-electron chi connectivity index (χ0n) is 53.8. The largest absolute Gasteiger partial charge is 0.472 e. The van der Waals surface area contributed by atoms with Crippen LogP contribution >= 0.6 is 15.6 Å². The fourth-order valence-electron chi connectivity index (χ4n) is 9.43. The van der Waals surface area contributed by atoms with Crippen LogP contribution in [0, 0.1) is 23.7 Å². The van der Waals surface area contributed by atoms with Crippen molar-refractivity contribution in [2.24, 2.45) is 23.7 Å². The molecule has 0 aliphatic rings. The highest BCUT2D eigenvalue weighted by Gasteiger charge is 2.30. The van der Waals surface area contributed by atoms with Gasteiger partial charge in [-0.05, 0) is 49.4 Å². The molecule has 19 heteroatoms. The highest BCUT2D eigenvalue weighted by atomic mass is 31.2. The molecule has 0 rings (SSSR count). The highest BCUT2D eigenvalue weighted by molar-refractivity contribution is 7.47. The van der Waals surface area contributed by atoms with E-state index in [0.717, 1.165) is 109 Å². The van der Waals surface area contributed by atoms with Gasteiger partial charge in [-0.2, -0.15) is 0 Å². The zero-order chi connectivity index (χ0) is 61.8. The third kappa shape index (κ3) is 58.8. The zero-order valence-corrected chi connectivity index (χ0v) is 55.6. The number of carbonyl (C=O) groups excluding carboxylic acids is 4. The van der Waals surface area contributed by atoms with Crippen molar-refractivity contribution in [1.82, 2.24) is 0 Å². The van der Waals surface area contributed by atoms with Crippen molar-refractivity contribution >= 4 is 39.5 Å². The lowest BCUT2D eigenvalue weighted by molar-refractivity contribution is -0.161. The van der Waals surface area contributed by atoms with E-state index in [1.165, 1.54) is 96.3 Å². The topological polar surface area (TPSA) is 237 Å². The molecule has 0 aromatic rings. The maximum absolute atomic E-state index is 13.0. The number of rotatable bonds is 61. The second kappa shape index (κ2) is 54.2. The molecule has 3 N–H and O–H groups in total. The van der Waals surface area contributed by atoms with Crippen molar-refractivity contribution < 1.29 is 80.2 Å². The second-order valence-corrected chi connectivity index (χ2v) is 28.0. The van der Waals surface area contributed by atoms with Crippen LogP contribution in [0.4, 0.5) is 0 Å². The molecule has 0 saturated heterocycles. The Morgan fingerprint density at radius 3 is 0.747 bits per heavy atom. The molecule has 0 spiro atoms. The molecule has 0 radical (unpaired) electrons. The Bertz CT molecular complexity index is 1660. The van der Waals surface area contributed by atoms with Gasteiger partial charge in [0.05, 0.1) is 26.4 Å². The minimum atomic E-state index is -4.95. The third-order valence-corrected chi connectivity index (χ3v) is 16.5. The van der Waals surface area contributed by atoms with Crippen LogP contribution in [0.25, 0.3) is 0 Å². The Morgan fingerprint density at radius 2 is 0.506 bits per heavy atom. The van der Waals surface area contributed by atoms with Gasteiger partial charge in [-0.15, -0.1) is 0 Å². The van der Waals surface area contributed by atoms with Gasteiger partial charge >= 0.3 is 39.5 Å². The summed E-state index contributed by atoms with van der Waals surface area (Å²) in [7, 11) is -9.89. The number of ether oxygens (including phenoxy) is 4. The standard InChI is InChI=1S/C64H124O17P2/c1-54(2)40-32-24-16-14-12-10-9-11-13-15-17-30-38-46-63(68)80-59(50-74-61(66)44-36-28-21-18-25-33-41-55(3)4)52-78-82(70,71)76-48-58(65)49-77-83(72,73)79-53-60(81-64(69)47-39-31-23-20-27-35-43-57(7)8)51-75-62(67)45-37-29-22-19-26-34-42-56(5)6/h54-60,65H,9-53H2,1-8H3,(H,70,71)(H,72,73)/t58-,59-,60-/m1/s1. The summed E-state index contributed by atoms with van der Waals surface area (Å²) in [6.45, 7) is 13.8. The molecule has 0 amide bonds. The van der Waals surface area contributed by atoms with Crippen molar-refractivity contribution in [3.63, 3.8) is 0 Å². The number of esters is 4. The number of aliphatic hydroxyl groups excluding tert-OH is 1. The van der Waals surface area contributed by atoms with Gasteiger partial charge in [0.1, 0.15) is 19.3 Å². The average Bonchev–Trinajstić information content (AvgIpc) is 3.42. The first-order chi connectivity index (χ1) is 39.6. The summed E-state index contributed by atoms with van der Waals surface area (Å²) in [5.41, 5.74) is 0. The van der Waals surface area contributed by atoms with Gasteiger partial charge in [0.2, 0.25) is 0 Å². The van der Waals surface area contributed by atoms with Crippen molar-refractivity contribution in [1.29, 1.82) is 0 Å². The molecule has 0 heterocycles. The SMILES string of the molecule is CC(C)CCCCCCCCCCCCCCCC(=O)O[C@H](COC(=O)CCCCCCCCC(C)C)COP(=O)(O)OC[C@@H](O)COP(=O)(O)OC[C@@H](COC(=O)CCCCCCCCC(C)C)OC(=O)CCCCCCCCC(C)C. The summed E-state index contributed by atoms with van der Waals surface area (Å²) in [6, 6.07) is 0. The van der Waals surface area contributed by atoms with Crippen molar-refractivity contribution in [2.45, 2.75) is 324 Å². The maximum Gasteiger partial charge on any atom is 0.472 e. The second-order valence-electron chi connectivity index (χ2n) is 25.1. The van der Waals surface area contributed by atoms with E-state index in [1.807, 2.05) is 0 Å². The van der Waals surface area contributed by atoms with Gasteiger partial charge in [0.25, 0.3) is 0 Å². The highest BCUT2D eigenvalue weighted by Crippen LogP contribution is 2.45. The van der Waals surface area contributed by atoms with Gasteiger partial charge < -0.3 is 33.8 Å². The van der Waals surface area contributed by atoms with E-state index in [4.69, 9.17) is 37.0 Å². The summed E-state index contributed by atoms with van der Waals surface area (Å²) in [4.78, 5) is 72.1. The van der Waals surface area contributed by atoms with Crippen LogP contribution in [0.15, 0.2) is 0 Å². The number of aliphatic hydroxyl groups is 1. The average molecular weight is 1230 g/mol.